The van der Waals surface area contributed by atoms with Gasteiger partial charge in [-0.05, 0) is 6.92 Å². The van der Waals surface area contributed by atoms with E-state index in [4.69, 9.17) is 5.11 Å². The van der Waals surface area contributed by atoms with Crippen molar-refractivity contribution < 1.29 is 18.9 Å². The highest BCUT2D eigenvalue weighted by Crippen LogP contribution is 2.38. The van der Waals surface area contributed by atoms with E-state index < -0.39 is 22.1 Å². The molecule has 0 aromatic rings. The van der Waals surface area contributed by atoms with Gasteiger partial charge in [-0.15, -0.1) is 0 Å². The fourth-order valence-corrected chi connectivity index (χ4v) is 3.04. The Balaban J connectivity index is 2.47. The molecular formula is C7H7NO4S. The highest BCUT2D eigenvalue weighted by Gasteiger charge is 2.51. The number of rotatable bonds is 1. The van der Waals surface area contributed by atoms with E-state index in [9.17, 15) is 13.8 Å². The summed E-state index contributed by atoms with van der Waals surface area (Å²) in [5.41, 5.74) is -0.0976. The van der Waals surface area contributed by atoms with E-state index in [1.54, 1.807) is 0 Å². The molecule has 2 heterocycles. The summed E-state index contributed by atoms with van der Waals surface area (Å²) in [6.45, 7) is 1.49. The van der Waals surface area contributed by atoms with Crippen LogP contribution in [0.5, 0.6) is 0 Å². The van der Waals surface area contributed by atoms with Crippen molar-refractivity contribution in [1.82, 2.24) is 4.90 Å². The van der Waals surface area contributed by atoms with E-state index in [1.807, 2.05) is 0 Å². The van der Waals surface area contributed by atoms with Crippen LogP contribution in [0.3, 0.4) is 0 Å². The van der Waals surface area contributed by atoms with Crippen molar-refractivity contribution in [2.45, 2.75) is 18.7 Å². The van der Waals surface area contributed by atoms with E-state index in [1.165, 1.54) is 6.92 Å². The van der Waals surface area contributed by atoms with E-state index in [2.05, 4.69) is 0 Å². The van der Waals surface area contributed by atoms with Gasteiger partial charge in [0.25, 0.3) is 0 Å². The zero-order valence-corrected chi connectivity index (χ0v) is 7.63. The van der Waals surface area contributed by atoms with Gasteiger partial charge in [0.15, 0.2) is 0 Å². The number of hydrogen-bond acceptors (Lipinski definition) is 3. The van der Waals surface area contributed by atoms with Crippen molar-refractivity contribution in [3.63, 3.8) is 0 Å². The Bertz CT molecular complexity index is 373. The fourth-order valence-electron chi connectivity index (χ4n) is 1.55. The molecule has 6 heteroatoms. The first-order valence-corrected chi connectivity index (χ1v) is 4.92. The molecule has 2 rings (SSSR count). The molecule has 2 atom stereocenters. The Kier molecular flexibility index (Phi) is 1.56. The number of nitrogens with zero attached hydrogens (tertiary/aromatic N) is 1. The van der Waals surface area contributed by atoms with Gasteiger partial charge in [-0.3, -0.25) is 13.9 Å². The second-order valence-corrected chi connectivity index (χ2v) is 4.68. The predicted molar refractivity (Wildman–Crippen MR) is 43.7 cm³/mol. The number of carboxylic acids is 1. The molecule has 2 aliphatic rings. The SMILES string of the molecule is CC1=C(C(=O)O)N2C(=O)CC2S1=O. The van der Waals surface area contributed by atoms with Crippen LogP contribution in [0.2, 0.25) is 0 Å². The zero-order chi connectivity index (χ0) is 9.75. The van der Waals surface area contributed by atoms with Gasteiger partial charge in [-0.25, -0.2) is 4.79 Å². The van der Waals surface area contributed by atoms with Crippen molar-refractivity contribution >= 4 is 22.7 Å². The Morgan fingerprint density at radius 2 is 2.31 bits per heavy atom. The summed E-state index contributed by atoms with van der Waals surface area (Å²) in [6.07, 6.45) is 0.195. The number of allylic oxidation sites excluding steroid dienone is 1. The first kappa shape index (κ1) is 8.43. The highest BCUT2D eigenvalue weighted by molar-refractivity contribution is 7.90. The van der Waals surface area contributed by atoms with Gasteiger partial charge in [0, 0.05) is 4.91 Å². The summed E-state index contributed by atoms with van der Waals surface area (Å²) in [6, 6.07) is 0. The van der Waals surface area contributed by atoms with Gasteiger partial charge in [0.05, 0.1) is 17.2 Å². The second-order valence-electron chi connectivity index (χ2n) is 2.93. The Morgan fingerprint density at radius 3 is 2.69 bits per heavy atom. The van der Waals surface area contributed by atoms with Crippen LogP contribution in [-0.4, -0.2) is 31.5 Å². The molecule has 2 aliphatic heterocycles. The molecule has 1 N–H and O–H groups in total. The van der Waals surface area contributed by atoms with Crippen LogP contribution in [0, 0.1) is 0 Å². The van der Waals surface area contributed by atoms with Gasteiger partial charge < -0.3 is 5.11 Å². The van der Waals surface area contributed by atoms with Crippen molar-refractivity contribution in [2.24, 2.45) is 0 Å². The van der Waals surface area contributed by atoms with Gasteiger partial charge in [0.2, 0.25) is 5.91 Å². The first-order chi connectivity index (χ1) is 6.04. The fraction of sp³-hybridized carbons (Fsp3) is 0.429. The molecule has 1 amide bonds. The predicted octanol–water partition coefficient (Wildman–Crippen LogP) is -0.377. The zero-order valence-electron chi connectivity index (χ0n) is 6.81. The quantitative estimate of drug-likeness (QED) is 0.587. The van der Waals surface area contributed by atoms with Crippen LogP contribution in [0.25, 0.3) is 0 Å². The van der Waals surface area contributed by atoms with E-state index in [-0.39, 0.29) is 18.0 Å². The summed E-state index contributed by atoms with van der Waals surface area (Å²) in [4.78, 5) is 23.1. The van der Waals surface area contributed by atoms with Gasteiger partial charge in [0.1, 0.15) is 11.1 Å². The normalized spacial score (nSPS) is 31.8. The monoisotopic (exact) mass is 201 g/mol. The number of hydrogen-bond donors (Lipinski definition) is 1. The molecule has 0 bridgehead atoms. The average molecular weight is 201 g/mol. The summed E-state index contributed by atoms with van der Waals surface area (Å²) in [5.74, 6) is -1.44. The Hall–Kier alpha value is -1.17. The number of carbonyl (C=O) groups excluding carboxylic acids is 1. The number of fused-ring (bicyclic) bond motifs is 1. The third-order valence-corrected chi connectivity index (χ3v) is 3.90. The summed E-state index contributed by atoms with van der Waals surface area (Å²) >= 11 is 0. The lowest BCUT2D eigenvalue weighted by molar-refractivity contribution is -0.145. The molecule has 2 unspecified atom stereocenters. The topological polar surface area (TPSA) is 74.7 Å². The molecular weight excluding hydrogens is 194 g/mol. The minimum absolute atomic E-state index is 0.0976. The maximum Gasteiger partial charge on any atom is 0.353 e. The molecule has 0 aromatic heterocycles. The third-order valence-electron chi connectivity index (χ3n) is 2.23. The summed E-state index contributed by atoms with van der Waals surface area (Å²) in [5, 5.41) is 8.34. The minimum Gasteiger partial charge on any atom is -0.477 e. The van der Waals surface area contributed by atoms with Gasteiger partial charge in [-0.2, -0.15) is 0 Å². The molecule has 0 aromatic carbocycles. The van der Waals surface area contributed by atoms with Crippen molar-refractivity contribution in [3.05, 3.63) is 10.6 Å². The van der Waals surface area contributed by atoms with E-state index >= 15 is 0 Å². The first-order valence-electron chi connectivity index (χ1n) is 3.71. The molecule has 0 radical (unpaired) electrons. The third kappa shape index (κ3) is 0.888. The maximum absolute atomic E-state index is 11.4. The number of carbonyl (C=O) groups is 2. The highest BCUT2D eigenvalue weighted by atomic mass is 32.2. The van der Waals surface area contributed by atoms with Gasteiger partial charge in [-0.1, -0.05) is 0 Å². The molecule has 1 saturated heterocycles. The molecule has 13 heavy (non-hydrogen) atoms. The van der Waals surface area contributed by atoms with Crippen LogP contribution in [0.1, 0.15) is 13.3 Å². The lowest BCUT2D eigenvalue weighted by atomic mass is 10.1. The van der Waals surface area contributed by atoms with Crippen LogP contribution >= 0.6 is 0 Å². The molecule has 0 spiro atoms. The molecule has 0 saturated carbocycles. The molecule has 70 valence electrons. The average Bonchev–Trinajstić information content (AvgIpc) is 2.24. The maximum atomic E-state index is 11.4. The van der Waals surface area contributed by atoms with Crippen molar-refractivity contribution in [1.29, 1.82) is 0 Å². The molecule has 0 aliphatic carbocycles. The van der Waals surface area contributed by atoms with Crippen LogP contribution in [0.15, 0.2) is 10.6 Å². The molecule has 5 nitrogen and oxygen atoms in total. The number of β-lactam (4-membered cyclic amide) rings is 1. The smallest absolute Gasteiger partial charge is 0.353 e. The van der Waals surface area contributed by atoms with Crippen LogP contribution in [0.4, 0.5) is 0 Å². The number of aliphatic carboxylic acids is 1. The lowest BCUT2D eigenvalue weighted by Crippen LogP contribution is -2.51. The summed E-state index contributed by atoms with van der Waals surface area (Å²) in [7, 11) is -1.32. The lowest BCUT2D eigenvalue weighted by Gasteiger charge is -2.33. The van der Waals surface area contributed by atoms with Crippen molar-refractivity contribution in [3.8, 4) is 0 Å². The molecule has 1 fully saturated rings. The Labute approximate surface area is 76.5 Å². The standard InChI is InChI=1S/C7H7NO4S/c1-3-6(7(10)11)8-4(9)2-5(8)13(3)12/h5H,2H2,1H3,(H,10,11). The van der Waals surface area contributed by atoms with Crippen molar-refractivity contribution in [2.75, 3.05) is 0 Å². The minimum atomic E-state index is -1.32. The van der Waals surface area contributed by atoms with Crippen LogP contribution in [-0.2, 0) is 20.4 Å². The second kappa shape index (κ2) is 2.41. The van der Waals surface area contributed by atoms with Gasteiger partial charge >= 0.3 is 5.97 Å². The summed E-state index contributed by atoms with van der Waals surface area (Å²) < 4.78 is 11.4. The van der Waals surface area contributed by atoms with E-state index in [0.29, 0.717) is 4.91 Å². The van der Waals surface area contributed by atoms with Crippen LogP contribution < -0.4 is 0 Å². The van der Waals surface area contributed by atoms with E-state index in [0.717, 1.165) is 4.90 Å². The Morgan fingerprint density at radius 1 is 1.69 bits per heavy atom. The number of carboxylic acid groups (broad SMARTS) is 1. The number of amides is 1. The largest absolute Gasteiger partial charge is 0.477 e.